The zero-order valence-electron chi connectivity index (χ0n) is 14.3. The van der Waals surface area contributed by atoms with E-state index in [2.05, 4.69) is 15.5 Å². The van der Waals surface area contributed by atoms with Crippen molar-refractivity contribution in [3.8, 4) is 16.9 Å². The molecule has 1 N–H and O–H groups in total. The maximum Gasteiger partial charge on any atom is 0.416 e. The molecule has 1 aromatic carbocycles. The van der Waals surface area contributed by atoms with Crippen LogP contribution >= 0.6 is 0 Å². The SMILES string of the molecule is CNC(=O)c1cc(-c2ccc(C(F)(F)F)cc2)nn(-c2cnn(C)c2)c1=O. The van der Waals surface area contributed by atoms with Gasteiger partial charge in [0.25, 0.3) is 11.5 Å². The van der Waals surface area contributed by atoms with E-state index in [-0.39, 0.29) is 11.3 Å². The van der Waals surface area contributed by atoms with Crippen LogP contribution in [0, 0.1) is 0 Å². The van der Waals surface area contributed by atoms with Gasteiger partial charge in [-0.3, -0.25) is 14.3 Å². The van der Waals surface area contributed by atoms with Gasteiger partial charge in [-0.15, -0.1) is 0 Å². The molecule has 0 aliphatic carbocycles. The van der Waals surface area contributed by atoms with Gasteiger partial charge in [0, 0.05) is 19.7 Å². The Labute approximate surface area is 151 Å². The Bertz CT molecular complexity index is 1050. The fourth-order valence-corrected chi connectivity index (χ4v) is 2.46. The molecule has 2 heterocycles. The number of rotatable bonds is 3. The number of hydrogen-bond donors (Lipinski definition) is 1. The summed E-state index contributed by atoms with van der Waals surface area (Å²) in [6.07, 6.45) is -1.55. The maximum absolute atomic E-state index is 12.8. The number of halogens is 3. The van der Waals surface area contributed by atoms with E-state index in [1.807, 2.05) is 0 Å². The molecule has 3 aromatic rings. The number of nitrogens with zero attached hydrogens (tertiary/aromatic N) is 4. The van der Waals surface area contributed by atoms with Crippen molar-refractivity contribution in [2.75, 3.05) is 7.05 Å². The smallest absolute Gasteiger partial charge is 0.355 e. The lowest BCUT2D eigenvalue weighted by Gasteiger charge is -2.10. The Morgan fingerprint density at radius 1 is 1.19 bits per heavy atom. The molecule has 0 aliphatic rings. The first kappa shape index (κ1) is 18.4. The van der Waals surface area contributed by atoms with Gasteiger partial charge in [0.1, 0.15) is 11.3 Å². The second-order valence-corrected chi connectivity index (χ2v) is 5.69. The predicted molar refractivity (Wildman–Crippen MR) is 90.4 cm³/mol. The van der Waals surface area contributed by atoms with Crippen LogP contribution in [0.4, 0.5) is 13.2 Å². The molecular weight excluding hydrogens is 363 g/mol. The number of hydrogen-bond acceptors (Lipinski definition) is 4. The molecule has 27 heavy (non-hydrogen) atoms. The molecule has 0 aliphatic heterocycles. The van der Waals surface area contributed by atoms with Crippen LogP contribution in [0.3, 0.4) is 0 Å². The Balaban J connectivity index is 2.18. The van der Waals surface area contributed by atoms with E-state index in [1.54, 1.807) is 7.05 Å². The standard InChI is InChI=1S/C17H14F3N5O2/c1-21-15(26)13-7-14(10-3-5-11(6-4-10)17(18,19)20)23-25(16(13)27)12-8-22-24(2)9-12/h3-9H,1-2H3,(H,21,26). The lowest BCUT2D eigenvalue weighted by Crippen LogP contribution is -2.32. The molecule has 0 bridgehead atoms. The monoisotopic (exact) mass is 377 g/mol. The molecule has 0 saturated heterocycles. The van der Waals surface area contributed by atoms with Crippen molar-refractivity contribution >= 4 is 5.91 Å². The minimum atomic E-state index is -4.46. The fourth-order valence-electron chi connectivity index (χ4n) is 2.46. The molecule has 3 rings (SSSR count). The third kappa shape index (κ3) is 3.59. The molecule has 1 amide bonds. The third-order valence-corrected chi connectivity index (χ3v) is 3.83. The van der Waals surface area contributed by atoms with Gasteiger partial charge in [-0.25, -0.2) is 0 Å². The van der Waals surface area contributed by atoms with Crippen molar-refractivity contribution in [1.29, 1.82) is 0 Å². The first-order valence-electron chi connectivity index (χ1n) is 7.74. The van der Waals surface area contributed by atoms with Crippen LogP contribution in [0.2, 0.25) is 0 Å². The summed E-state index contributed by atoms with van der Waals surface area (Å²) in [7, 11) is 3.02. The van der Waals surface area contributed by atoms with Gasteiger partial charge in [0.2, 0.25) is 0 Å². The van der Waals surface area contributed by atoms with Crippen LogP contribution in [0.25, 0.3) is 16.9 Å². The molecular formula is C17H14F3N5O2. The molecule has 140 valence electrons. The van der Waals surface area contributed by atoms with E-state index in [1.165, 1.54) is 42.3 Å². The van der Waals surface area contributed by atoms with E-state index in [0.29, 0.717) is 11.3 Å². The predicted octanol–water partition coefficient (Wildman–Crippen LogP) is 2.01. The number of alkyl halides is 3. The van der Waals surface area contributed by atoms with Crippen LogP contribution < -0.4 is 10.9 Å². The summed E-state index contributed by atoms with van der Waals surface area (Å²) in [4.78, 5) is 24.7. The van der Waals surface area contributed by atoms with Crippen molar-refractivity contribution < 1.29 is 18.0 Å². The molecule has 0 radical (unpaired) electrons. The van der Waals surface area contributed by atoms with E-state index in [4.69, 9.17) is 0 Å². The number of carbonyl (C=O) groups excluding carboxylic acids is 1. The highest BCUT2D eigenvalue weighted by Gasteiger charge is 2.30. The summed E-state index contributed by atoms with van der Waals surface area (Å²) in [6, 6.07) is 5.54. The quantitative estimate of drug-likeness (QED) is 0.757. The maximum atomic E-state index is 12.8. The molecule has 0 spiro atoms. The molecule has 7 nitrogen and oxygen atoms in total. The van der Waals surface area contributed by atoms with Gasteiger partial charge in [0.05, 0.1) is 23.7 Å². The highest BCUT2D eigenvalue weighted by Crippen LogP contribution is 2.30. The van der Waals surface area contributed by atoms with Gasteiger partial charge < -0.3 is 5.32 Å². The zero-order chi connectivity index (χ0) is 19.8. The number of aryl methyl sites for hydroxylation is 1. The van der Waals surface area contributed by atoms with E-state index >= 15 is 0 Å². The highest BCUT2D eigenvalue weighted by atomic mass is 19.4. The average Bonchev–Trinajstić information content (AvgIpc) is 3.07. The number of benzene rings is 1. The number of aromatic nitrogens is 4. The van der Waals surface area contributed by atoms with Crippen LogP contribution in [0.1, 0.15) is 15.9 Å². The Morgan fingerprint density at radius 2 is 1.85 bits per heavy atom. The minimum Gasteiger partial charge on any atom is -0.355 e. The van der Waals surface area contributed by atoms with E-state index < -0.39 is 23.2 Å². The normalized spacial score (nSPS) is 11.4. The van der Waals surface area contributed by atoms with Crippen LogP contribution in [-0.4, -0.2) is 32.5 Å². The second kappa shape index (κ2) is 6.71. The topological polar surface area (TPSA) is 81.8 Å². The second-order valence-electron chi connectivity index (χ2n) is 5.69. The Hall–Kier alpha value is -3.43. The first-order valence-corrected chi connectivity index (χ1v) is 7.74. The van der Waals surface area contributed by atoms with E-state index in [9.17, 15) is 22.8 Å². The Morgan fingerprint density at radius 3 is 2.37 bits per heavy atom. The fraction of sp³-hybridized carbons (Fsp3) is 0.176. The zero-order valence-corrected chi connectivity index (χ0v) is 14.3. The van der Waals surface area contributed by atoms with Gasteiger partial charge >= 0.3 is 6.18 Å². The van der Waals surface area contributed by atoms with Crippen LogP contribution in [-0.2, 0) is 13.2 Å². The number of carbonyl (C=O) groups is 1. The summed E-state index contributed by atoms with van der Waals surface area (Å²) in [5.74, 6) is -0.631. The van der Waals surface area contributed by atoms with Crippen molar-refractivity contribution in [2.24, 2.45) is 7.05 Å². The summed E-state index contributed by atoms with van der Waals surface area (Å²) in [5.41, 5.74) is -0.847. The minimum absolute atomic E-state index is 0.172. The van der Waals surface area contributed by atoms with Gasteiger partial charge in [-0.1, -0.05) is 12.1 Å². The van der Waals surface area contributed by atoms with Gasteiger partial charge in [-0.2, -0.15) is 28.1 Å². The molecule has 0 saturated carbocycles. The van der Waals surface area contributed by atoms with Gasteiger partial charge in [0.15, 0.2) is 0 Å². The largest absolute Gasteiger partial charge is 0.416 e. The average molecular weight is 377 g/mol. The molecule has 2 aromatic heterocycles. The lowest BCUT2D eigenvalue weighted by atomic mass is 10.1. The van der Waals surface area contributed by atoms with Crippen molar-refractivity contribution in [3.63, 3.8) is 0 Å². The van der Waals surface area contributed by atoms with Gasteiger partial charge in [-0.05, 0) is 18.2 Å². The summed E-state index contributed by atoms with van der Waals surface area (Å²) in [5, 5.41) is 10.5. The number of amides is 1. The molecule has 0 atom stereocenters. The Kier molecular flexibility index (Phi) is 4.56. The molecule has 10 heteroatoms. The highest BCUT2D eigenvalue weighted by molar-refractivity contribution is 5.94. The van der Waals surface area contributed by atoms with Crippen molar-refractivity contribution in [1.82, 2.24) is 24.9 Å². The number of nitrogens with one attached hydrogen (secondary N) is 1. The van der Waals surface area contributed by atoms with Crippen molar-refractivity contribution in [2.45, 2.75) is 6.18 Å². The van der Waals surface area contributed by atoms with Crippen molar-refractivity contribution in [3.05, 3.63) is 64.2 Å². The van der Waals surface area contributed by atoms with Crippen LogP contribution in [0.5, 0.6) is 0 Å². The lowest BCUT2D eigenvalue weighted by molar-refractivity contribution is -0.137. The summed E-state index contributed by atoms with van der Waals surface area (Å²) < 4.78 is 40.7. The van der Waals surface area contributed by atoms with Crippen LogP contribution in [0.15, 0.2) is 47.5 Å². The van der Waals surface area contributed by atoms with E-state index in [0.717, 1.165) is 16.8 Å². The molecule has 0 unspecified atom stereocenters. The first-order chi connectivity index (χ1) is 12.7. The molecule has 0 fully saturated rings. The third-order valence-electron chi connectivity index (χ3n) is 3.83. The summed E-state index contributed by atoms with van der Waals surface area (Å²) in [6.45, 7) is 0. The summed E-state index contributed by atoms with van der Waals surface area (Å²) >= 11 is 0.